The van der Waals surface area contributed by atoms with Gasteiger partial charge in [-0.1, -0.05) is 36.8 Å². The van der Waals surface area contributed by atoms with Crippen LogP contribution in [0.4, 0.5) is 10.5 Å². The normalized spacial score (nSPS) is 38.9. The summed E-state index contributed by atoms with van der Waals surface area (Å²) in [6, 6.07) is 3.17. The zero-order valence-corrected chi connectivity index (χ0v) is 24.1. The van der Waals surface area contributed by atoms with Gasteiger partial charge in [-0.15, -0.1) is 0 Å². The van der Waals surface area contributed by atoms with E-state index < -0.39 is 59.8 Å². The van der Waals surface area contributed by atoms with Crippen molar-refractivity contribution in [3.05, 3.63) is 46.5 Å². The molecule has 220 valence electrons. The summed E-state index contributed by atoms with van der Waals surface area (Å²) in [5.41, 5.74) is -1.64. The average molecular weight is 581 g/mol. The number of nitrogens with one attached hydrogen (secondary N) is 1. The van der Waals surface area contributed by atoms with E-state index in [2.05, 4.69) is 5.32 Å². The maximum absolute atomic E-state index is 13.3. The van der Waals surface area contributed by atoms with Gasteiger partial charge in [0.05, 0.1) is 31.4 Å². The largest absolute Gasteiger partial charge is 0.495 e. The highest BCUT2D eigenvalue weighted by Crippen LogP contribution is 2.48. The minimum atomic E-state index is -1.80. The summed E-state index contributed by atoms with van der Waals surface area (Å²) >= 11 is 6.55. The number of anilines is 1. The van der Waals surface area contributed by atoms with Crippen LogP contribution >= 0.6 is 11.6 Å². The Labute approximate surface area is 238 Å². The number of aliphatic hydroxyl groups is 3. The maximum atomic E-state index is 13.3. The van der Waals surface area contributed by atoms with Crippen LogP contribution in [0.3, 0.4) is 0 Å². The molecular formula is C28H37ClN2O9. The number of halogens is 1. The Hall–Kier alpha value is -2.67. The van der Waals surface area contributed by atoms with Crippen molar-refractivity contribution in [1.29, 1.82) is 0 Å². The molecule has 2 fully saturated rings. The minimum Gasteiger partial charge on any atom is -0.495 e. The van der Waals surface area contributed by atoms with E-state index in [0.717, 1.165) is 0 Å². The van der Waals surface area contributed by atoms with Crippen LogP contribution in [0.1, 0.15) is 45.3 Å². The first kappa shape index (κ1) is 30.3. The number of ether oxygens (including phenoxy) is 4. The molecule has 0 aromatic heterocycles. The summed E-state index contributed by atoms with van der Waals surface area (Å²) in [6.45, 7) is 5.19. The highest BCUT2D eigenvalue weighted by molar-refractivity contribution is 6.35. The highest BCUT2D eigenvalue weighted by atomic mass is 35.5. The molecule has 0 aliphatic carbocycles. The summed E-state index contributed by atoms with van der Waals surface area (Å²) in [6.07, 6.45) is -0.862. The van der Waals surface area contributed by atoms with Gasteiger partial charge in [-0.2, -0.15) is 0 Å². The lowest BCUT2D eigenvalue weighted by Gasteiger charge is -2.42. The van der Waals surface area contributed by atoms with E-state index in [1.807, 2.05) is 0 Å². The van der Waals surface area contributed by atoms with Crippen molar-refractivity contribution in [2.75, 3.05) is 26.2 Å². The molecule has 0 radical (unpaired) electrons. The topological polar surface area (TPSA) is 150 Å². The summed E-state index contributed by atoms with van der Waals surface area (Å²) in [5.74, 6) is -0.607. The molecule has 0 saturated carbocycles. The van der Waals surface area contributed by atoms with Crippen LogP contribution < -0.4 is 15.0 Å². The second-order valence-electron chi connectivity index (χ2n) is 10.9. The van der Waals surface area contributed by atoms with Gasteiger partial charge in [-0.3, -0.25) is 10.1 Å². The number of alkyl carbamates (subject to hydrolysis) is 1. The Balaban J connectivity index is 1.78. The van der Waals surface area contributed by atoms with Gasteiger partial charge in [-0.25, -0.2) is 4.79 Å². The molecule has 11 nitrogen and oxygen atoms in total. The standard InChI is InChI=1S/C28H37ClN2O9/c1-14-8-7-9-21(38-6)28(36)13-19(39-26(35)30-28)15(2)25-27(3,40-25)20(32)12-22(33)31(4)17-10-16(24(14)34)11-18(37-5)23(17)29/h7-11,15,19-21,24-25,32,34,36H,12-13H2,1-6H3,(H,30,35)/b9-7+,14-8+/t15?,19?,20?,21?,24-,25?,27?,28?/m1/s1. The second kappa shape index (κ2) is 11.3. The first-order valence-corrected chi connectivity index (χ1v) is 13.4. The van der Waals surface area contributed by atoms with E-state index in [1.54, 1.807) is 51.1 Å². The van der Waals surface area contributed by atoms with Crippen LogP contribution in [0.2, 0.25) is 5.02 Å². The van der Waals surface area contributed by atoms with Crippen LogP contribution in [0.15, 0.2) is 35.9 Å². The summed E-state index contributed by atoms with van der Waals surface area (Å²) in [7, 11) is 4.36. The molecule has 4 bridgehead atoms. The Morgan fingerprint density at radius 2 is 1.93 bits per heavy atom. The van der Waals surface area contributed by atoms with E-state index in [0.29, 0.717) is 16.8 Å². The number of hydrogen-bond acceptors (Lipinski definition) is 9. The zero-order chi connectivity index (χ0) is 29.6. The fourth-order valence-electron chi connectivity index (χ4n) is 5.44. The number of fused-ring (bicyclic) bond motifs is 5. The maximum Gasteiger partial charge on any atom is 0.409 e. The molecular weight excluding hydrogens is 544 g/mol. The molecule has 8 atom stereocenters. The quantitative estimate of drug-likeness (QED) is 0.387. The molecule has 7 unspecified atom stereocenters. The number of allylic oxidation sites excluding steroid dienone is 2. The number of nitrogens with zero attached hydrogens (tertiary/aromatic N) is 1. The van der Waals surface area contributed by atoms with Crippen molar-refractivity contribution in [3.8, 4) is 5.75 Å². The number of methoxy groups -OCH3 is 2. The minimum absolute atomic E-state index is 0.0219. The van der Waals surface area contributed by atoms with E-state index in [4.69, 9.17) is 30.5 Å². The molecule has 2 saturated heterocycles. The molecule has 40 heavy (non-hydrogen) atoms. The Morgan fingerprint density at radius 1 is 1.23 bits per heavy atom. The molecule has 1 aromatic rings. The number of rotatable bonds is 2. The monoisotopic (exact) mass is 580 g/mol. The molecule has 12 heteroatoms. The molecule has 0 spiro atoms. The molecule has 3 aliphatic heterocycles. The van der Waals surface area contributed by atoms with Crippen LogP contribution in [-0.2, 0) is 19.0 Å². The first-order chi connectivity index (χ1) is 18.8. The van der Waals surface area contributed by atoms with Crippen molar-refractivity contribution in [3.63, 3.8) is 0 Å². The van der Waals surface area contributed by atoms with Gasteiger partial charge in [0, 0.05) is 26.5 Å². The van der Waals surface area contributed by atoms with Gasteiger partial charge in [0.25, 0.3) is 0 Å². The van der Waals surface area contributed by atoms with Gasteiger partial charge >= 0.3 is 6.09 Å². The summed E-state index contributed by atoms with van der Waals surface area (Å²) < 4.78 is 22.3. The molecule has 4 N–H and O–H groups in total. The van der Waals surface area contributed by atoms with E-state index >= 15 is 0 Å². The zero-order valence-electron chi connectivity index (χ0n) is 23.4. The predicted octanol–water partition coefficient (Wildman–Crippen LogP) is 2.61. The van der Waals surface area contributed by atoms with Crippen molar-refractivity contribution < 1.29 is 43.9 Å². The van der Waals surface area contributed by atoms with Gasteiger partial charge in [0.1, 0.15) is 34.7 Å². The SMILES string of the molecule is COc1cc2cc(c1Cl)N(C)C(=O)CC(O)C1(C)OC1C(C)C1CC(O)(NC(=O)O1)C(OC)/C=C/C=C(\C)[C@H]2O. The number of benzene rings is 1. The molecule has 3 aliphatic rings. The van der Waals surface area contributed by atoms with Gasteiger partial charge in [0.2, 0.25) is 5.91 Å². The number of hydrogen-bond donors (Lipinski definition) is 4. The van der Waals surface area contributed by atoms with Crippen LogP contribution in [0, 0.1) is 5.92 Å². The first-order valence-electron chi connectivity index (χ1n) is 13.0. The van der Waals surface area contributed by atoms with Gasteiger partial charge in [-0.05, 0) is 37.1 Å². The third-order valence-corrected chi connectivity index (χ3v) is 8.57. The number of carbonyl (C=O) groups excluding carboxylic acids is 2. The van der Waals surface area contributed by atoms with Crippen molar-refractivity contribution in [2.24, 2.45) is 5.92 Å². The average Bonchev–Trinajstić information content (AvgIpc) is 3.61. The Kier molecular flexibility index (Phi) is 8.56. The van der Waals surface area contributed by atoms with Gasteiger partial charge in [0.15, 0.2) is 5.72 Å². The second-order valence-corrected chi connectivity index (χ2v) is 11.2. The summed E-state index contributed by atoms with van der Waals surface area (Å²) in [5, 5.41) is 36.2. The fraction of sp³-hybridized carbons (Fsp3) is 0.571. The van der Waals surface area contributed by atoms with Crippen LogP contribution in [0.5, 0.6) is 5.75 Å². The van der Waals surface area contributed by atoms with E-state index in [9.17, 15) is 24.9 Å². The third kappa shape index (κ3) is 5.59. The highest BCUT2D eigenvalue weighted by Gasteiger charge is 2.62. The third-order valence-electron chi connectivity index (χ3n) is 8.19. The van der Waals surface area contributed by atoms with E-state index in [-0.39, 0.29) is 23.6 Å². The lowest BCUT2D eigenvalue weighted by Crippen LogP contribution is -2.63. The van der Waals surface area contributed by atoms with Crippen molar-refractivity contribution in [2.45, 2.75) is 75.5 Å². The smallest absolute Gasteiger partial charge is 0.409 e. The summed E-state index contributed by atoms with van der Waals surface area (Å²) in [4.78, 5) is 27.1. The number of epoxide rings is 1. The van der Waals surface area contributed by atoms with Gasteiger partial charge < -0.3 is 39.2 Å². The lowest BCUT2D eigenvalue weighted by atomic mass is 9.84. The predicted molar refractivity (Wildman–Crippen MR) is 146 cm³/mol. The molecule has 1 aromatic carbocycles. The lowest BCUT2D eigenvalue weighted by molar-refractivity contribution is -0.142. The van der Waals surface area contributed by atoms with Crippen LogP contribution in [-0.4, -0.2) is 84.3 Å². The molecule has 2 amide bonds. The van der Waals surface area contributed by atoms with Crippen molar-refractivity contribution >= 4 is 29.3 Å². The van der Waals surface area contributed by atoms with E-state index in [1.165, 1.54) is 26.2 Å². The molecule has 3 heterocycles. The molecule has 4 rings (SSSR count). The van der Waals surface area contributed by atoms with Crippen molar-refractivity contribution in [1.82, 2.24) is 5.32 Å². The Bertz CT molecular complexity index is 1220. The Morgan fingerprint density at radius 3 is 2.58 bits per heavy atom. The van der Waals surface area contributed by atoms with Crippen LogP contribution in [0.25, 0.3) is 0 Å². The number of amides is 2. The number of aliphatic hydroxyl groups excluding tert-OH is 2. The number of carbonyl (C=O) groups is 2. The fourth-order valence-corrected chi connectivity index (χ4v) is 5.76.